The smallest absolute Gasteiger partial charge is 0.133 e. The first-order valence-corrected chi connectivity index (χ1v) is 7.10. The highest BCUT2D eigenvalue weighted by atomic mass is 15.2. The van der Waals surface area contributed by atoms with Crippen LogP contribution in [0.4, 0.5) is 11.6 Å². The van der Waals surface area contributed by atoms with Crippen molar-refractivity contribution >= 4 is 11.6 Å². The molecule has 0 saturated carbocycles. The number of hydrogen-bond donors (Lipinski definition) is 1. The Morgan fingerprint density at radius 1 is 1.15 bits per heavy atom. The lowest BCUT2D eigenvalue weighted by molar-refractivity contribution is 0.854. The number of benzene rings is 1. The molecule has 0 atom stereocenters. The van der Waals surface area contributed by atoms with E-state index in [-0.39, 0.29) is 0 Å². The van der Waals surface area contributed by atoms with Crippen LogP contribution in [0.25, 0.3) is 0 Å². The van der Waals surface area contributed by atoms with Crippen molar-refractivity contribution in [3.63, 3.8) is 0 Å². The highest BCUT2D eigenvalue weighted by molar-refractivity contribution is 5.47. The molecular formula is C16H22N4. The van der Waals surface area contributed by atoms with Crippen LogP contribution in [-0.2, 0) is 6.42 Å². The number of hydrogen-bond acceptors (Lipinski definition) is 4. The van der Waals surface area contributed by atoms with E-state index in [0.29, 0.717) is 0 Å². The second-order valence-electron chi connectivity index (χ2n) is 4.85. The minimum atomic E-state index is 0.892. The minimum Gasteiger partial charge on any atom is -0.370 e. The van der Waals surface area contributed by atoms with Gasteiger partial charge < -0.3 is 10.2 Å². The highest BCUT2D eigenvalue weighted by Crippen LogP contribution is 2.13. The number of nitrogens with zero attached hydrogens (tertiary/aromatic N) is 3. The molecule has 0 bridgehead atoms. The molecule has 0 amide bonds. The third-order valence-corrected chi connectivity index (χ3v) is 3.18. The molecule has 1 aromatic heterocycles. The summed E-state index contributed by atoms with van der Waals surface area (Å²) in [5, 5.41) is 3.29. The molecule has 0 radical (unpaired) electrons. The molecule has 0 saturated heterocycles. The Morgan fingerprint density at radius 3 is 2.70 bits per heavy atom. The van der Waals surface area contributed by atoms with E-state index in [2.05, 4.69) is 58.4 Å². The number of rotatable bonds is 7. The van der Waals surface area contributed by atoms with Gasteiger partial charge >= 0.3 is 0 Å². The summed E-state index contributed by atoms with van der Waals surface area (Å²) in [6.07, 6.45) is 3.72. The zero-order chi connectivity index (χ0) is 14.2. The molecule has 0 fully saturated rings. The summed E-state index contributed by atoms with van der Waals surface area (Å²) in [4.78, 5) is 10.7. The van der Waals surface area contributed by atoms with Crippen molar-refractivity contribution in [2.24, 2.45) is 0 Å². The first-order valence-electron chi connectivity index (χ1n) is 7.10. The predicted octanol–water partition coefficient (Wildman–Crippen LogP) is 2.98. The van der Waals surface area contributed by atoms with Gasteiger partial charge in [0, 0.05) is 26.2 Å². The minimum absolute atomic E-state index is 0.892. The van der Waals surface area contributed by atoms with E-state index in [1.807, 2.05) is 12.1 Å². The van der Waals surface area contributed by atoms with Gasteiger partial charge in [-0.25, -0.2) is 9.97 Å². The monoisotopic (exact) mass is 270 g/mol. The van der Waals surface area contributed by atoms with E-state index in [0.717, 1.165) is 37.6 Å². The molecule has 1 aromatic carbocycles. The fourth-order valence-electron chi connectivity index (χ4n) is 1.96. The Kier molecular flexibility index (Phi) is 5.35. The van der Waals surface area contributed by atoms with Gasteiger partial charge in [-0.1, -0.05) is 37.3 Å². The van der Waals surface area contributed by atoms with Crippen molar-refractivity contribution < 1.29 is 0 Å². The van der Waals surface area contributed by atoms with E-state index in [1.54, 1.807) is 6.33 Å². The standard InChI is InChI=1S/C16H22N4/c1-3-10-17-15-12-16(19-13-18-15)20(2)11-9-14-7-5-4-6-8-14/h4-8,12-13H,3,9-11H2,1-2H3,(H,17,18,19). The van der Waals surface area contributed by atoms with Crippen molar-refractivity contribution in [2.45, 2.75) is 19.8 Å². The highest BCUT2D eigenvalue weighted by Gasteiger charge is 2.04. The summed E-state index contributed by atoms with van der Waals surface area (Å²) in [6.45, 7) is 4.01. The third kappa shape index (κ3) is 4.23. The fraction of sp³-hybridized carbons (Fsp3) is 0.375. The summed E-state index contributed by atoms with van der Waals surface area (Å²) in [5.74, 6) is 1.85. The maximum atomic E-state index is 4.33. The lowest BCUT2D eigenvalue weighted by atomic mass is 10.1. The topological polar surface area (TPSA) is 41.0 Å². The van der Waals surface area contributed by atoms with Gasteiger partial charge in [-0.15, -0.1) is 0 Å². The Balaban J connectivity index is 1.93. The van der Waals surface area contributed by atoms with Crippen LogP contribution in [-0.4, -0.2) is 30.1 Å². The molecule has 4 nitrogen and oxygen atoms in total. The summed E-state index contributed by atoms with van der Waals surface area (Å²) >= 11 is 0. The van der Waals surface area contributed by atoms with Gasteiger partial charge in [-0.05, 0) is 18.4 Å². The normalized spacial score (nSPS) is 10.3. The van der Waals surface area contributed by atoms with Crippen LogP contribution in [0.1, 0.15) is 18.9 Å². The maximum Gasteiger partial charge on any atom is 0.133 e. The molecular weight excluding hydrogens is 248 g/mol. The molecule has 0 aliphatic carbocycles. The fourth-order valence-corrected chi connectivity index (χ4v) is 1.96. The van der Waals surface area contributed by atoms with Gasteiger partial charge in [-0.2, -0.15) is 0 Å². The Morgan fingerprint density at radius 2 is 1.95 bits per heavy atom. The van der Waals surface area contributed by atoms with Crippen LogP contribution < -0.4 is 10.2 Å². The van der Waals surface area contributed by atoms with Gasteiger partial charge in [0.1, 0.15) is 18.0 Å². The van der Waals surface area contributed by atoms with Crippen LogP contribution in [0.5, 0.6) is 0 Å². The van der Waals surface area contributed by atoms with Gasteiger partial charge in [-0.3, -0.25) is 0 Å². The van der Waals surface area contributed by atoms with E-state index in [4.69, 9.17) is 0 Å². The first-order chi connectivity index (χ1) is 9.79. The molecule has 0 unspecified atom stereocenters. The summed E-state index contributed by atoms with van der Waals surface area (Å²) in [5.41, 5.74) is 1.35. The van der Waals surface area contributed by atoms with Gasteiger partial charge in [0.25, 0.3) is 0 Å². The number of aromatic nitrogens is 2. The first kappa shape index (κ1) is 14.3. The molecule has 20 heavy (non-hydrogen) atoms. The second-order valence-corrected chi connectivity index (χ2v) is 4.85. The predicted molar refractivity (Wildman–Crippen MR) is 84.2 cm³/mol. The Hall–Kier alpha value is -2.10. The van der Waals surface area contributed by atoms with E-state index < -0.39 is 0 Å². The number of nitrogens with one attached hydrogen (secondary N) is 1. The Labute approximate surface area is 120 Å². The zero-order valence-electron chi connectivity index (χ0n) is 12.2. The van der Waals surface area contributed by atoms with Crippen LogP contribution in [0, 0.1) is 0 Å². The molecule has 4 heteroatoms. The quantitative estimate of drug-likeness (QED) is 0.840. The molecule has 106 valence electrons. The van der Waals surface area contributed by atoms with E-state index >= 15 is 0 Å². The molecule has 2 aromatic rings. The number of likely N-dealkylation sites (N-methyl/N-ethyl adjacent to an activating group) is 1. The van der Waals surface area contributed by atoms with Gasteiger partial charge in [0.2, 0.25) is 0 Å². The molecule has 0 aliphatic heterocycles. The van der Waals surface area contributed by atoms with Crippen molar-refractivity contribution in [3.05, 3.63) is 48.3 Å². The second kappa shape index (κ2) is 7.48. The van der Waals surface area contributed by atoms with E-state index in [1.165, 1.54) is 5.56 Å². The molecule has 1 heterocycles. The molecule has 0 aliphatic rings. The summed E-state index contributed by atoms with van der Waals surface area (Å²) in [7, 11) is 2.06. The average Bonchev–Trinajstić information content (AvgIpc) is 2.52. The Bertz CT molecular complexity index is 513. The van der Waals surface area contributed by atoms with Crippen LogP contribution in [0.15, 0.2) is 42.7 Å². The number of anilines is 2. The lowest BCUT2D eigenvalue weighted by Crippen LogP contribution is -2.21. The largest absolute Gasteiger partial charge is 0.370 e. The van der Waals surface area contributed by atoms with E-state index in [9.17, 15) is 0 Å². The van der Waals surface area contributed by atoms with Crippen molar-refractivity contribution in [3.8, 4) is 0 Å². The van der Waals surface area contributed by atoms with Crippen LogP contribution in [0.2, 0.25) is 0 Å². The van der Waals surface area contributed by atoms with Gasteiger partial charge in [0.05, 0.1) is 0 Å². The van der Waals surface area contributed by atoms with Crippen LogP contribution in [0.3, 0.4) is 0 Å². The van der Waals surface area contributed by atoms with Crippen molar-refractivity contribution in [2.75, 3.05) is 30.4 Å². The van der Waals surface area contributed by atoms with Gasteiger partial charge in [0.15, 0.2) is 0 Å². The summed E-state index contributed by atoms with van der Waals surface area (Å²) < 4.78 is 0. The van der Waals surface area contributed by atoms with Crippen molar-refractivity contribution in [1.82, 2.24) is 9.97 Å². The molecule has 2 rings (SSSR count). The zero-order valence-corrected chi connectivity index (χ0v) is 12.2. The average molecular weight is 270 g/mol. The summed E-state index contributed by atoms with van der Waals surface area (Å²) in [6, 6.07) is 12.5. The lowest BCUT2D eigenvalue weighted by Gasteiger charge is -2.18. The van der Waals surface area contributed by atoms with Crippen molar-refractivity contribution in [1.29, 1.82) is 0 Å². The molecule has 0 spiro atoms. The third-order valence-electron chi connectivity index (χ3n) is 3.18. The van der Waals surface area contributed by atoms with Crippen LogP contribution >= 0.6 is 0 Å². The molecule has 1 N–H and O–H groups in total. The maximum absolute atomic E-state index is 4.33. The SMILES string of the molecule is CCCNc1cc(N(C)CCc2ccccc2)ncn1.